The lowest BCUT2D eigenvalue weighted by Gasteiger charge is -2.11. The van der Waals surface area contributed by atoms with Gasteiger partial charge in [-0.15, -0.1) is 11.3 Å². The molecule has 0 saturated heterocycles. The third kappa shape index (κ3) is 5.10. The van der Waals surface area contributed by atoms with Gasteiger partial charge in [0.25, 0.3) is 0 Å². The predicted octanol–water partition coefficient (Wildman–Crippen LogP) is 2.62. The number of nitrogens with zero attached hydrogens (tertiary/aromatic N) is 1. The van der Waals surface area contributed by atoms with Crippen molar-refractivity contribution in [3.8, 4) is 5.75 Å². The number of amides is 1. The van der Waals surface area contributed by atoms with Gasteiger partial charge in [-0.1, -0.05) is 11.6 Å². The average molecular weight is 370 g/mol. The molecular weight excluding hydrogens is 354 g/mol. The van der Waals surface area contributed by atoms with Crippen molar-refractivity contribution in [3.05, 3.63) is 39.3 Å². The van der Waals surface area contributed by atoms with Crippen molar-refractivity contribution < 1.29 is 19.4 Å². The van der Waals surface area contributed by atoms with Gasteiger partial charge in [0.1, 0.15) is 10.8 Å². The number of hydrogen-bond acceptors (Lipinski definition) is 6. The van der Waals surface area contributed by atoms with Gasteiger partial charge in [0, 0.05) is 23.4 Å². The first-order chi connectivity index (χ1) is 11.5. The highest BCUT2D eigenvalue weighted by Gasteiger charge is 2.10. The molecule has 0 atom stereocenters. The average Bonchev–Trinajstić information content (AvgIpc) is 3.02. The number of nitrogens with one attached hydrogen (secondary N) is 2. The lowest BCUT2D eigenvalue weighted by molar-refractivity contribution is -0.121. The van der Waals surface area contributed by atoms with Crippen molar-refractivity contribution in [2.45, 2.75) is 13.0 Å². The second-order valence-corrected chi connectivity index (χ2v) is 6.11. The van der Waals surface area contributed by atoms with Crippen molar-refractivity contribution in [1.29, 1.82) is 0 Å². The molecule has 0 aliphatic carbocycles. The number of ether oxygens (including phenoxy) is 1. The molecule has 0 radical (unpaired) electrons. The third-order valence-electron chi connectivity index (χ3n) is 3.04. The lowest BCUT2D eigenvalue weighted by atomic mass is 10.2. The second-order valence-electron chi connectivity index (χ2n) is 4.73. The molecule has 0 spiro atoms. The monoisotopic (exact) mass is 369 g/mol. The van der Waals surface area contributed by atoms with E-state index in [4.69, 9.17) is 21.4 Å². The van der Waals surface area contributed by atoms with Crippen LogP contribution >= 0.6 is 22.9 Å². The number of carbonyl (C=O) groups excluding carboxylic acids is 1. The molecule has 0 aliphatic rings. The molecule has 0 saturated carbocycles. The maximum Gasteiger partial charge on any atom is 0.355 e. The van der Waals surface area contributed by atoms with Crippen LogP contribution in [0.5, 0.6) is 5.75 Å². The van der Waals surface area contributed by atoms with E-state index in [1.807, 2.05) is 0 Å². The summed E-state index contributed by atoms with van der Waals surface area (Å²) in [5, 5.41) is 17.1. The maximum absolute atomic E-state index is 11.8. The highest BCUT2D eigenvalue weighted by atomic mass is 35.5. The molecule has 0 unspecified atom stereocenters. The van der Waals surface area contributed by atoms with Crippen LogP contribution < -0.4 is 15.4 Å². The fourth-order valence-corrected chi connectivity index (χ4v) is 2.76. The molecule has 1 amide bonds. The largest absolute Gasteiger partial charge is 0.495 e. The molecule has 0 aliphatic heterocycles. The summed E-state index contributed by atoms with van der Waals surface area (Å²) >= 11 is 7.13. The standard InChI is InChI=1S/C15H16ClN3O4S/c1-23-12-3-2-9(16)6-10(12)17-5-4-13(20)18-7-14-19-11(8-24-14)15(21)22/h2-3,6,8,17H,4-5,7H2,1H3,(H,18,20)(H,21,22). The Bertz CT molecular complexity index is 735. The van der Waals surface area contributed by atoms with Crippen LogP contribution in [0.2, 0.25) is 5.02 Å². The van der Waals surface area contributed by atoms with E-state index in [1.165, 1.54) is 16.7 Å². The number of carboxylic acid groups (broad SMARTS) is 1. The van der Waals surface area contributed by atoms with E-state index >= 15 is 0 Å². The van der Waals surface area contributed by atoms with E-state index in [0.717, 1.165) is 0 Å². The molecule has 0 bridgehead atoms. The van der Waals surface area contributed by atoms with E-state index in [2.05, 4.69) is 15.6 Å². The predicted molar refractivity (Wildman–Crippen MR) is 92.0 cm³/mol. The molecule has 1 aromatic carbocycles. The minimum Gasteiger partial charge on any atom is -0.495 e. The minimum absolute atomic E-state index is 0.0148. The Morgan fingerprint density at radius 1 is 1.42 bits per heavy atom. The Kier molecular flexibility index (Phi) is 6.39. The summed E-state index contributed by atoms with van der Waals surface area (Å²) in [6.45, 7) is 0.609. The molecular formula is C15H16ClN3O4S. The molecule has 3 N–H and O–H groups in total. The van der Waals surface area contributed by atoms with Gasteiger partial charge >= 0.3 is 5.97 Å². The number of methoxy groups -OCH3 is 1. The maximum atomic E-state index is 11.8. The minimum atomic E-state index is -1.08. The first-order valence-corrected chi connectivity index (χ1v) is 8.27. The zero-order chi connectivity index (χ0) is 17.5. The third-order valence-corrected chi connectivity index (χ3v) is 4.12. The number of rotatable bonds is 8. The van der Waals surface area contributed by atoms with Gasteiger partial charge in [0.05, 0.1) is 19.3 Å². The molecule has 2 rings (SSSR count). The van der Waals surface area contributed by atoms with Crippen LogP contribution in [0, 0.1) is 0 Å². The van der Waals surface area contributed by atoms with Crippen LogP contribution in [-0.4, -0.2) is 35.6 Å². The van der Waals surface area contributed by atoms with Gasteiger partial charge in [-0.2, -0.15) is 0 Å². The molecule has 2 aromatic rings. The van der Waals surface area contributed by atoms with E-state index in [0.29, 0.717) is 28.0 Å². The number of thiazole rings is 1. The number of halogens is 1. The van der Waals surface area contributed by atoms with Crippen molar-refractivity contribution in [2.24, 2.45) is 0 Å². The van der Waals surface area contributed by atoms with E-state index in [-0.39, 0.29) is 24.6 Å². The molecule has 9 heteroatoms. The van der Waals surface area contributed by atoms with E-state index in [1.54, 1.807) is 25.3 Å². The topological polar surface area (TPSA) is 101 Å². The van der Waals surface area contributed by atoms with Crippen LogP contribution in [0.25, 0.3) is 0 Å². The van der Waals surface area contributed by atoms with Gasteiger partial charge in [0.2, 0.25) is 5.91 Å². The Morgan fingerprint density at radius 3 is 2.88 bits per heavy atom. The van der Waals surface area contributed by atoms with Gasteiger partial charge in [0.15, 0.2) is 5.69 Å². The zero-order valence-corrected chi connectivity index (χ0v) is 14.4. The quantitative estimate of drug-likeness (QED) is 0.661. The number of hydrogen-bond donors (Lipinski definition) is 3. The SMILES string of the molecule is COc1ccc(Cl)cc1NCCC(=O)NCc1nc(C(=O)O)cs1. The van der Waals surface area contributed by atoms with E-state index in [9.17, 15) is 9.59 Å². The van der Waals surface area contributed by atoms with Gasteiger partial charge in [-0.05, 0) is 18.2 Å². The summed E-state index contributed by atoms with van der Waals surface area (Å²) in [5.41, 5.74) is 0.697. The Morgan fingerprint density at radius 2 is 2.21 bits per heavy atom. The number of carbonyl (C=O) groups is 2. The van der Waals surface area contributed by atoms with Crippen molar-refractivity contribution in [3.63, 3.8) is 0 Å². The Hall–Kier alpha value is -2.32. The molecule has 1 aromatic heterocycles. The molecule has 24 heavy (non-hydrogen) atoms. The summed E-state index contributed by atoms with van der Waals surface area (Å²) in [7, 11) is 1.56. The number of carboxylic acids is 1. The number of benzene rings is 1. The van der Waals surface area contributed by atoms with Crippen LogP contribution in [0.3, 0.4) is 0 Å². The first-order valence-electron chi connectivity index (χ1n) is 7.01. The highest BCUT2D eigenvalue weighted by molar-refractivity contribution is 7.09. The van der Waals surface area contributed by atoms with E-state index < -0.39 is 5.97 Å². The molecule has 1 heterocycles. The zero-order valence-electron chi connectivity index (χ0n) is 12.8. The summed E-state index contributed by atoms with van der Waals surface area (Å²) in [6.07, 6.45) is 0.243. The van der Waals surface area contributed by atoms with Crippen molar-refractivity contribution >= 4 is 40.5 Å². The highest BCUT2D eigenvalue weighted by Crippen LogP contribution is 2.27. The fourth-order valence-electron chi connectivity index (χ4n) is 1.88. The van der Waals surface area contributed by atoms with Crippen LogP contribution in [0.15, 0.2) is 23.6 Å². The number of aromatic nitrogens is 1. The normalized spacial score (nSPS) is 10.2. The summed E-state index contributed by atoms with van der Waals surface area (Å²) in [6, 6.07) is 5.19. The number of aromatic carboxylic acids is 1. The first kappa shape index (κ1) is 18.0. The van der Waals surface area contributed by atoms with Gasteiger partial charge < -0.3 is 20.5 Å². The smallest absolute Gasteiger partial charge is 0.355 e. The lowest BCUT2D eigenvalue weighted by Crippen LogP contribution is -2.25. The summed E-state index contributed by atoms with van der Waals surface area (Å²) in [5.74, 6) is -0.608. The van der Waals surface area contributed by atoms with Gasteiger partial charge in [-0.3, -0.25) is 4.79 Å². The number of anilines is 1. The molecule has 0 fully saturated rings. The summed E-state index contributed by atoms with van der Waals surface area (Å²) < 4.78 is 5.21. The second kappa shape index (κ2) is 8.51. The Labute approximate surface area is 147 Å². The van der Waals surface area contributed by atoms with Crippen LogP contribution in [0.4, 0.5) is 5.69 Å². The van der Waals surface area contributed by atoms with Crippen LogP contribution in [0.1, 0.15) is 21.9 Å². The summed E-state index contributed by atoms with van der Waals surface area (Å²) in [4.78, 5) is 26.5. The molecule has 7 nitrogen and oxygen atoms in total. The molecule has 128 valence electrons. The van der Waals surface area contributed by atoms with Crippen LogP contribution in [-0.2, 0) is 11.3 Å². The fraction of sp³-hybridized carbons (Fsp3) is 0.267. The van der Waals surface area contributed by atoms with Crippen molar-refractivity contribution in [2.75, 3.05) is 19.0 Å². The Balaban J connectivity index is 1.77. The van der Waals surface area contributed by atoms with Crippen molar-refractivity contribution in [1.82, 2.24) is 10.3 Å². The van der Waals surface area contributed by atoms with Gasteiger partial charge in [-0.25, -0.2) is 9.78 Å².